The Bertz CT molecular complexity index is 4070. The van der Waals surface area contributed by atoms with Crippen molar-refractivity contribution in [2.24, 2.45) is 0 Å². The van der Waals surface area contributed by atoms with Gasteiger partial charge in [0.2, 0.25) is 0 Å². The smallest absolute Gasteiger partial charge is 0.135 e. The van der Waals surface area contributed by atoms with Gasteiger partial charge >= 0.3 is 0 Å². The van der Waals surface area contributed by atoms with Gasteiger partial charge in [-0.1, -0.05) is 155 Å². The number of hydrogen-bond acceptors (Lipinski definition) is 2. The Hall–Kier alpha value is -8.40. The van der Waals surface area contributed by atoms with Crippen LogP contribution in [0.1, 0.15) is 49.9 Å². The van der Waals surface area contributed by atoms with Gasteiger partial charge in [-0.25, -0.2) is 0 Å². The summed E-state index contributed by atoms with van der Waals surface area (Å²) in [5.74, 6) is 0. The average molecular weight is 885 g/mol. The minimum atomic E-state index is -0.251. The van der Waals surface area contributed by atoms with Crippen molar-refractivity contribution in [3.05, 3.63) is 241 Å². The number of anilines is 3. The van der Waals surface area contributed by atoms with Crippen LogP contribution in [0, 0.1) is 0 Å². The van der Waals surface area contributed by atoms with Gasteiger partial charge < -0.3 is 13.9 Å². The van der Waals surface area contributed by atoms with Crippen molar-refractivity contribution >= 4 is 60.8 Å². The summed E-state index contributed by atoms with van der Waals surface area (Å²) in [6.45, 7) is 9.56. The molecule has 3 nitrogen and oxygen atoms in total. The Labute approximate surface area is 402 Å². The highest BCUT2D eigenvalue weighted by molar-refractivity contribution is 6.11. The molecule has 10 aromatic carbocycles. The van der Waals surface area contributed by atoms with E-state index in [1.54, 1.807) is 0 Å². The molecular weight excluding hydrogens is 837 g/mol. The van der Waals surface area contributed by atoms with Gasteiger partial charge in [-0.15, -0.1) is 0 Å². The second kappa shape index (κ2) is 14.6. The van der Waals surface area contributed by atoms with E-state index in [0.717, 1.165) is 39.0 Å². The molecule has 0 bridgehead atoms. The molecule has 2 aliphatic rings. The maximum atomic E-state index is 6.37. The minimum Gasteiger partial charge on any atom is -0.456 e. The van der Waals surface area contributed by atoms with Gasteiger partial charge in [-0.3, -0.25) is 0 Å². The molecule has 0 amide bonds. The van der Waals surface area contributed by atoms with E-state index < -0.39 is 0 Å². The molecule has 0 aliphatic heterocycles. The van der Waals surface area contributed by atoms with Gasteiger partial charge in [0.05, 0.1) is 11.0 Å². The van der Waals surface area contributed by atoms with E-state index in [-0.39, 0.29) is 10.8 Å². The number of furan rings is 1. The molecule has 0 radical (unpaired) electrons. The summed E-state index contributed by atoms with van der Waals surface area (Å²) in [5.41, 5.74) is 23.8. The van der Waals surface area contributed by atoms with Crippen LogP contribution in [0.15, 0.2) is 223 Å². The molecule has 0 saturated heterocycles. The van der Waals surface area contributed by atoms with Crippen LogP contribution in [0.5, 0.6) is 0 Å². The van der Waals surface area contributed by atoms with Crippen molar-refractivity contribution in [3.8, 4) is 50.2 Å². The summed E-state index contributed by atoms with van der Waals surface area (Å²) in [6.07, 6.45) is 0. The maximum Gasteiger partial charge on any atom is 0.135 e. The molecule has 2 heterocycles. The average Bonchev–Trinajstić information content (AvgIpc) is 4.07. The summed E-state index contributed by atoms with van der Waals surface area (Å²) < 4.78 is 8.76. The van der Waals surface area contributed by atoms with Crippen LogP contribution < -0.4 is 4.90 Å². The molecule has 328 valence electrons. The van der Waals surface area contributed by atoms with Crippen LogP contribution in [0.25, 0.3) is 93.9 Å². The Morgan fingerprint density at radius 3 is 1.46 bits per heavy atom. The molecule has 0 spiro atoms. The lowest BCUT2D eigenvalue weighted by Gasteiger charge is -2.30. The van der Waals surface area contributed by atoms with Crippen molar-refractivity contribution in [2.45, 2.75) is 38.5 Å². The van der Waals surface area contributed by atoms with E-state index in [0.29, 0.717) is 0 Å². The van der Waals surface area contributed by atoms with Crippen molar-refractivity contribution in [3.63, 3.8) is 0 Å². The first-order chi connectivity index (χ1) is 33.7. The zero-order valence-corrected chi connectivity index (χ0v) is 39.1. The lowest BCUT2D eigenvalue weighted by Crippen LogP contribution is -2.18. The van der Waals surface area contributed by atoms with Crippen LogP contribution in [-0.4, -0.2) is 4.57 Å². The Morgan fingerprint density at radius 1 is 0.333 bits per heavy atom. The van der Waals surface area contributed by atoms with Gasteiger partial charge in [-0.2, -0.15) is 0 Å². The quantitative estimate of drug-likeness (QED) is 0.166. The number of para-hydroxylation sites is 3. The van der Waals surface area contributed by atoms with E-state index in [4.69, 9.17) is 4.42 Å². The molecule has 0 saturated carbocycles. The van der Waals surface area contributed by atoms with E-state index in [1.807, 2.05) is 6.07 Å². The fourth-order valence-electron chi connectivity index (χ4n) is 12.0. The summed E-state index contributed by atoms with van der Waals surface area (Å²) in [7, 11) is 0. The predicted octanol–water partition coefficient (Wildman–Crippen LogP) is 18.1. The molecule has 69 heavy (non-hydrogen) atoms. The molecule has 2 aromatic heterocycles. The highest BCUT2D eigenvalue weighted by atomic mass is 16.3. The largest absolute Gasteiger partial charge is 0.456 e. The summed E-state index contributed by atoms with van der Waals surface area (Å²) in [4.78, 5) is 2.46. The molecule has 14 rings (SSSR count). The van der Waals surface area contributed by atoms with Crippen LogP contribution in [0.3, 0.4) is 0 Å². The second-order valence-electron chi connectivity index (χ2n) is 20.1. The van der Waals surface area contributed by atoms with E-state index in [9.17, 15) is 0 Å². The van der Waals surface area contributed by atoms with Crippen molar-refractivity contribution in [1.29, 1.82) is 0 Å². The monoisotopic (exact) mass is 884 g/mol. The predicted molar refractivity (Wildman–Crippen MR) is 289 cm³/mol. The number of nitrogens with zero attached hydrogens (tertiary/aromatic N) is 2. The van der Waals surface area contributed by atoms with Crippen LogP contribution in [-0.2, 0) is 10.8 Å². The van der Waals surface area contributed by atoms with E-state index >= 15 is 0 Å². The van der Waals surface area contributed by atoms with Gasteiger partial charge in [0.25, 0.3) is 0 Å². The lowest BCUT2D eigenvalue weighted by atomic mass is 9.81. The summed E-state index contributed by atoms with van der Waals surface area (Å²) in [5, 5.41) is 4.76. The van der Waals surface area contributed by atoms with Crippen molar-refractivity contribution < 1.29 is 4.42 Å². The Morgan fingerprint density at radius 2 is 0.797 bits per heavy atom. The molecular formula is C66H48N2O. The molecule has 0 N–H and O–H groups in total. The fraction of sp³-hybridized carbons (Fsp3) is 0.0909. The van der Waals surface area contributed by atoms with Crippen LogP contribution in [0.2, 0.25) is 0 Å². The Balaban J connectivity index is 0.884. The molecule has 0 unspecified atom stereocenters. The zero-order chi connectivity index (χ0) is 46.2. The molecule has 3 heteroatoms. The van der Waals surface area contributed by atoms with Crippen LogP contribution >= 0.6 is 0 Å². The normalized spacial score (nSPS) is 14.0. The highest BCUT2D eigenvalue weighted by Crippen LogP contribution is 2.54. The van der Waals surface area contributed by atoms with Crippen molar-refractivity contribution in [2.75, 3.05) is 4.90 Å². The first-order valence-electron chi connectivity index (χ1n) is 24.2. The summed E-state index contributed by atoms with van der Waals surface area (Å²) in [6, 6.07) is 80.6. The third-order valence-corrected chi connectivity index (χ3v) is 15.6. The van der Waals surface area contributed by atoms with E-state index in [1.165, 1.54) is 94.3 Å². The van der Waals surface area contributed by atoms with Gasteiger partial charge in [0.15, 0.2) is 0 Å². The first kappa shape index (κ1) is 39.7. The first-order valence-corrected chi connectivity index (χ1v) is 24.2. The lowest BCUT2D eigenvalue weighted by molar-refractivity contribution is 0.660. The minimum absolute atomic E-state index is 0.204. The topological polar surface area (TPSA) is 21.3 Å². The maximum absolute atomic E-state index is 6.37. The fourth-order valence-corrected chi connectivity index (χ4v) is 12.0. The van der Waals surface area contributed by atoms with E-state index in [2.05, 4.69) is 249 Å². The van der Waals surface area contributed by atoms with Crippen molar-refractivity contribution in [1.82, 2.24) is 4.57 Å². The van der Waals surface area contributed by atoms with Crippen LogP contribution in [0.4, 0.5) is 17.1 Å². The summed E-state index contributed by atoms with van der Waals surface area (Å²) >= 11 is 0. The second-order valence-corrected chi connectivity index (χ2v) is 20.1. The number of hydrogen-bond donors (Lipinski definition) is 0. The molecule has 0 atom stereocenters. The SMILES string of the molecule is CC1(C)c2cc(-c3ccccc3)ccc2-c2ccc(N(c3ccc4c(c3)C(C)(C)c3cc(-c5ccc6c(c5)c5ccccc5n6-c5ccccc5)ccc3-4)c3ccc4oc5ccccc5c4c3)cc21. The molecule has 0 fully saturated rings. The third-order valence-electron chi connectivity index (χ3n) is 15.6. The number of benzene rings is 10. The molecule has 12 aromatic rings. The number of aromatic nitrogens is 1. The van der Waals surface area contributed by atoms with Gasteiger partial charge in [-0.05, 0) is 158 Å². The molecule has 2 aliphatic carbocycles. The standard InChI is InChI=1S/C66H48N2O/c1-65(2)57-36-43(41-15-7-5-8-16-41)23-29-49(57)51-31-26-47(39-59(51)65)67(46-28-34-64-56(38-46)54-20-12-14-22-63(54)69-64)48-27-32-52-50-30-24-44(37-58(50)66(3,4)60(52)40-48)42-25-33-62-55(35-42)53-19-11-13-21-61(53)68(62)45-17-9-6-10-18-45/h5-40H,1-4H3. The number of rotatable bonds is 6. The number of fused-ring (bicyclic) bond motifs is 12. The Kier molecular flexibility index (Phi) is 8.38. The van der Waals surface area contributed by atoms with Gasteiger partial charge in [0.1, 0.15) is 11.2 Å². The van der Waals surface area contributed by atoms with Gasteiger partial charge in [0, 0.05) is 55.1 Å². The zero-order valence-electron chi connectivity index (χ0n) is 39.1. The highest BCUT2D eigenvalue weighted by Gasteiger charge is 2.38. The third kappa shape index (κ3) is 5.87.